The summed E-state index contributed by atoms with van der Waals surface area (Å²) in [5, 5.41) is 6.29. The molecule has 2 aliphatic heterocycles. The van der Waals surface area contributed by atoms with Crippen molar-refractivity contribution in [2.45, 2.75) is 17.5 Å². The van der Waals surface area contributed by atoms with Crippen LogP contribution in [0.2, 0.25) is 0 Å². The average Bonchev–Trinajstić information content (AvgIpc) is 3.49. The van der Waals surface area contributed by atoms with E-state index in [0.717, 1.165) is 22.5 Å². The van der Waals surface area contributed by atoms with Crippen molar-refractivity contribution in [2.75, 3.05) is 31.2 Å². The predicted octanol–water partition coefficient (Wildman–Crippen LogP) is 3.54. The number of carbonyl (C=O) groups is 4. The molecule has 0 bridgehead atoms. The van der Waals surface area contributed by atoms with Crippen molar-refractivity contribution < 1.29 is 28.7 Å². The van der Waals surface area contributed by atoms with Gasteiger partial charge in [0.15, 0.2) is 17.0 Å². The number of amides is 3. The van der Waals surface area contributed by atoms with E-state index in [1.807, 2.05) is 60.7 Å². The van der Waals surface area contributed by atoms with Crippen LogP contribution in [0, 0.1) is 0 Å². The Balaban J connectivity index is 1.37. The lowest BCUT2D eigenvalue weighted by molar-refractivity contribution is -0.154. The van der Waals surface area contributed by atoms with Crippen molar-refractivity contribution in [2.24, 2.45) is 4.99 Å². The fraction of sp³-hybridized carbons (Fsp3) is 0.241. The molecule has 0 spiro atoms. The molecular formula is C29H26BN5O6S3. The molecule has 1 fully saturated rings. The number of carbonyl (C=O) groups excluding carboxylic acids is 4. The molecule has 44 heavy (non-hydrogen) atoms. The second-order valence-electron chi connectivity index (χ2n) is 9.39. The first kappa shape index (κ1) is 31.5. The Labute approximate surface area is 267 Å². The van der Waals surface area contributed by atoms with Gasteiger partial charge in [-0.05, 0) is 11.1 Å². The Morgan fingerprint density at radius 3 is 2.39 bits per heavy atom. The molecule has 1 aromatic heterocycles. The largest absolute Gasteiger partial charge is 0.448 e. The Morgan fingerprint density at radius 2 is 1.80 bits per heavy atom. The zero-order valence-electron chi connectivity index (χ0n) is 23.6. The number of ether oxygens (including phenoxy) is 2. The van der Waals surface area contributed by atoms with Crippen LogP contribution in [-0.2, 0) is 23.9 Å². The molecule has 2 N–H and O–H groups in total. The van der Waals surface area contributed by atoms with Gasteiger partial charge in [-0.25, -0.2) is 9.78 Å². The molecule has 224 valence electrons. The Bertz CT molecular complexity index is 1580. The van der Waals surface area contributed by atoms with Gasteiger partial charge in [-0.15, -0.1) is 23.1 Å². The van der Waals surface area contributed by atoms with E-state index >= 15 is 0 Å². The van der Waals surface area contributed by atoms with Crippen LogP contribution in [0.15, 0.2) is 81.6 Å². The molecule has 0 unspecified atom stereocenters. The number of aliphatic imine (C=N–C) groups is 1. The minimum absolute atomic E-state index is 0.0223. The number of thiazole rings is 1. The maximum atomic E-state index is 13.9. The lowest BCUT2D eigenvalue weighted by Gasteiger charge is -2.49. The zero-order chi connectivity index (χ0) is 31.2. The number of hydrogen-bond acceptors (Lipinski definition) is 11. The second kappa shape index (κ2) is 14.2. The molecular weight excluding hydrogens is 621 g/mol. The Kier molecular flexibility index (Phi) is 10.2. The SMILES string of the molecule is [B]C(=O)Nc1nc(C(=NC)C(=O)N[C@@H]2C(=O)N3C(C(=O)OC(c4ccccc4)c4ccccc4)=C(SCOC)CS[C@H]23)cs1. The molecule has 0 aliphatic carbocycles. The lowest BCUT2D eigenvalue weighted by Crippen LogP contribution is -2.71. The molecule has 2 aromatic carbocycles. The number of thioether (sulfide) groups is 2. The molecule has 15 heteroatoms. The molecule has 3 heterocycles. The smallest absolute Gasteiger partial charge is 0.356 e. The number of anilines is 1. The number of nitrogens with zero attached hydrogens (tertiary/aromatic N) is 3. The third-order valence-electron chi connectivity index (χ3n) is 6.61. The highest BCUT2D eigenvalue weighted by Crippen LogP contribution is 2.44. The normalized spacial score (nSPS) is 18.0. The number of rotatable bonds is 11. The summed E-state index contributed by atoms with van der Waals surface area (Å²) in [6, 6.07) is 17.8. The summed E-state index contributed by atoms with van der Waals surface area (Å²) in [5.41, 5.74) is 1.89. The van der Waals surface area contributed by atoms with E-state index in [-0.39, 0.29) is 28.2 Å². The minimum Gasteiger partial charge on any atom is -0.448 e. The summed E-state index contributed by atoms with van der Waals surface area (Å²) in [6.07, 6.45) is -0.707. The van der Waals surface area contributed by atoms with Gasteiger partial charge in [-0.1, -0.05) is 72.4 Å². The van der Waals surface area contributed by atoms with E-state index in [4.69, 9.17) is 17.3 Å². The molecule has 0 saturated carbocycles. The van der Waals surface area contributed by atoms with Crippen LogP contribution in [-0.4, -0.2) is 84.3 Å². The van der Waals surface area contributed by atoms with E-state index in [0.29, 0.717) is 10.7 Å². The number of aromatic nitrogens is 1. The third kappa shape index (κ3) is 6.75. The number of benzene rings is 2. The van der Waals surface area contributed by atoms with Crippen molar-refractivity contribution in [3.05, 3.63) is 93.5 Å². The maximum absolute atomic E-state index is 13.9. The van der Waals surface area contributed by atoms with Crippen molar-refractivity contribution in [1.29, 1.82) is 0 Å². The van der Waals surface area contributed by atoms with Gasteiger partial charge in [-0.3, -0.25) is 24.3 Å². The summed E-state index contributed by atoms with van der Waals surface area (Å²) in [5.74, 6) is -1.84. The van der Waals surface area contributed by atoms with Crippen molar-refractivity contribution in [3.8, 4) is 0 Å². The predicted molar refractivity (Wildman–Crippen MR) is 172 cm³/mol. The van der Waals surface area contributed by atoms with E-state index in [1.165, 1.54) is 35.5 Å². The van der Waals surface area contributed by atoms with Crippen LogP contribution < -0.4 is 10.6 Å². The minimum atomic E-state index is -0.915. The first-order valence-electron chi connectivity index (χ1n) is 13.2. The van der Waals surface area contributed by atoms with Crippen LogP contribution in [0.5, 0.6) is 0 Å². The van der Waals surface area contributed by atoms with Crippen molar-refractivity contribution in [1.82, 2.24) is 15.2 Å². The van der Waals surface area contributed by atoms with Gasteiger partial charge in [0.2, 0.25) is 7.85 Å². The van der Waals surface area contributed by atoms with Crippen molar-refractivity contribution in [3.63, 3.8) is 0 Å². The molecule has 2 aliphatic rings. The first-order valence-corrected chi connectivity index (χ1v) is 16.1. The number of hydrogen-bond donors (Lipinski definition) is 2. The number of methoxy groups -OCH3 is 1. The van der Waals surface area contributed by atoms with Crippen LogP contribution in [0.3, 0.4) is 0 Å². The zero-order valence-corrected chi connectivity index (χ0v) is 26.0. The van der Waals surface area contributed by atoms with Gasteiger partial charge >= 0.3 is 5.97 Å². The van der Waals surface area contributed by atoms with Gasteiger partial charge in [-0.2, -0.15) is 0 Å². The third-order valence-corrected chi connectivity index (χ3v) is 9.87. The number of nitrogens with one attached hydrogen (secondary N) is 2. The second-order valence-corrected chi connectivity index (χ2v) is 12.4. The van der Waals surface area contributed by atoms with E-state index in [1.54, 1.807) is 12.5 Å². The van der Waals surface area contributed by atoms with Crippen molar-refractivity contribution >= 4 is 77.1 Å². The summed E-state index contributed by atoms with van der Waals surface area (Å²) in [4.78, 5) is 62.1. The summed E-state index contributed by atoms with van der Waals surface area (Å²) < 4.78 is 11.4. The molecule has 2 radical (unpaired) electrons. The number of fused-ring (bicyclic) bond motifs is 1. The summed E-state index contributed by atoms with van der Waals surface area (Å²) in [7, 11) is 8.12. The quantitative estimate of drug-likeness (QED) is 0.105. The fourth-order valence-electron chi connectivity index (χ4n) is 4.66. The van der Waals surface area contributed by atoms with E-state index < -0.39 is 41.1 Å². The number of esters is 1. The monoisotopic (exact) mass is 647 g/mol. The van der Waals surface area contributed by atoms with Gasteiger partial charge in [0.25, 0.3) is 11.8 Å². The average molecular weight is 648 g/mol. The van der Waals surface area contributed by atoms with Crippen LogP contribution in [0.25, 0.3) is 0 Å². The molecule has 1 saturated heterocycles. The van der Waals surface area contributed by atoms with E-state index in [2.05, 4.69) is 20.6 Å². The first-order chi connectivity index (χ1) is 21.3. The molecule has 3 amide bonds. The molecule has 11 nitrogen and oxygen atoms in total. The van der Waals surface area contributed by atoms with Gasteiger partial charge < -0.3 is 20.1 Å². The van der Waals surface area contributed by atoms with Gasteiger partial charge in [0.05, 0.1) is 5.94 Å². The van der Waals surface area contributed by atoms with Crippen LogP contribution in [0.1, 0.15) is 22.9 Å². The topological polar surface area (TPSA) is 139 Å². The maximum Gasteiger partial charge on any atom is 0.356 e. The Morgan fingerprint density at radius 1 is 1.14 bits per heavy atom. The Hall–Kier alpha value is -3.92. The van der Waals surface area contributed by atoms with E-state index in [9.17, 15) is 19.2 Å². The molecule has 2 atom stereocenters. The standard InChI is InChI=1S/C29H26BN5O6S3/c1-31-20(18-13-43-29(32-18)34-28(30)39)24(36)33-21-25(37)35-22(19(44-15-40-2)14-42-26(21)35)27(38)41-23(16-9-5-3-6-10-16)17-11-7-4-8-12-17/h3-13,21,23,26H,14-15H2,1-2H3,(H,33,36)(H,32,34,39)/t21-,26-/m1/s1. The highest BCUT2D eigenvalue weighted by Gasteiger charge is 2.55. The van der Waals surface area contributed by atoms with Crippen LogP contribution in [0.4, 0.5) is 9.93 Å². The lowest BCUT2D eigenvalue weighted by atomic mass is 10.0. The fourth-order valence-corrected chi connectivity index (χ4v) is 7.66. The molecule has 5 rings (SSSR count). The highest BCUT2D eigenvalue weighted by molar-refractivity contribution is 8.06. The highest BCUT2D eigenvalue weighted by atomic mass is 32.2. The summed E-state index contributed by atoms with van der Waals surface area (Å²) in [6.45, 7) is 0. The van der Waals surface area contributed by atoms with Gasteiger partial charge in [0.1, 0.15) is 28.5 Å². The summed E-state index contributed by atoms with van der Waals surface area (Å²) >= 11 is 3.80. The van der Waals surface area contributed by atoms with Gasteiger partial charge in [0, 0.05) is 30.2 Å². The molecule has 3 aromatic rings. The van der Waals surface area contributed by atoms with Crippen LogP contribution >= 0.6 is 34.9 Å². The number of β-lactam (4-membered cyclic amide) rings is 1.